The van der Waals surface area contributed by atoms with Crippen LogP contribution in [0.4, 0.5) is 5.69 Å². The van der Waals surface area contributed by atoms with Gasteiger partial charge in [0.05, 0.1) is 26.6 Å². The fraction of sp³-hybridized carbons (Fsp3) is 0.471. The van der Waals surface area contributed by atoms with Crippen LogP contribution >= 0.6 is 23.1 Å². The molecular formula is C17H20N4O4S2. The summed E-state index contributed by atoms with van der Waals surface area (Å²) in [4.78, 5) is 41.1. The topological polar surface area (TPSA) is 97.8 Å². The van der Waals surface area contributed by atoms with Gasteiger partial charge in [-0.2, -0.15) is 4.99 Å². The number of amides is 2. The summed E-state index contributed by atoms with van der Waals surface area (Å²) >= 11 is 2.51. The molecule has 1 aromatic heterocycles. The number of carbonyl (C=O) groups excluding carboxylic acids is 2. The smallest absolute Gasteiger partial charge is 0.270 e. The summed E-state index contributed by atoms with van der Waals surface area (Å²) in [5.74, 6) is 0.176. The molecule has 0 bridgehead atoms. The molecule has 1 aliphatic heterocycles. The first-order valence-electron chi connectivity index (χ1n) is 8.63. The Labute approximate surface area is 164 Å². The molecule has 10 heteroatoms. The number of aromatic nitrogens is 1. The van der Waals surface area contributed by atoms with Crippen molar-refractivity contribution in [2.45, 2.75) is 19.3 Å². The predicted octanol–water partition coefficient (Wildman–Crippen LogP) is 2.32. The number of hydrogen-bond donors (Lipinski definition) is 0. The first kappa shape index (κ1) is 19.6. The molecule has 0 radical (unpaired) electrons. The number of benzene rings is 1. The molecule has 3 rings (SSSR count). The number of thiazole rings is 1. The lowest BCUT2D eigenvalue weighted by Gasteiger charge is -2.26. The van der Waals surface area contributed by atoms with Crippen molar-refractivity contribution in [1.29, 1.82) is 0 Å². The van der Waals surface area contributed by atoms with Gasteiger partial charge in [-0.1, -0.05) is 11.3 Å². The molecule has 2 heterocycles. The molecule has 0 N–H and O–H groups in total. The highest BCUT2D eigenvalue weighted by atomic mass is 32.2. The van der Waals surface area contributed by atoms with Crippen LogP contribution in [0.2, 0.25) is 0 Å². The number of nitro groups is 1. The van der Waals surface area contributed by atoms with Crippen LogP contribution in [-0.2, 0) is 16.6 Å². The number of nitro benzene ring substituents is 1. The number of likely N-dealkylation sites (tertiary alicyclic amines) is 1. The van der Waals surface area contributed by atoms with Gasteiger partial charge in [0.1, 0.15) is 0 Å². The second-order valence-electron chi connectivity index (χ2n) is 6.29. The Hall–Kier alpha value is -2.20. The highest BCUT2D eigenvalue weighted by Crippen LogP contribution is 2.22. The van der Waals surface area contributed by atoms with Gasteiger partial charge in [0.2, 0.25) is 5.91 Å². The largest absolute Gasteiger partial charge is 0.342 e. The Morgan fingerprint density at radius 2 is 2.00 bits per heavy atom. The van der Waals surface area contributed by atoms with Gasteiger partial charge < -0.3 is 9.47 Å². The van der Waals surface area contributed by atoms with Gasteiger partial charge >= 0.3 is 0 Å². The first-order valence-corrected chi connectivity index (χ1v) is 10.6. The van der Waals surface area contributed by atoms with Crippen LogP contribution in [0.25, 0.3) is 10.2 Å². The molecule has 1 fully saturated rings. The Morgan fingerprint density at radius 1 is 1.26 bits per heavy atom. The van der Waals surface area contributed by atoms with Crippen molar-refractivity contribution in [1.82, 2.24) is 9.47 Å². The number of fused-ring (bicyclic) bond motifs is 1. The molecule has 0 saturated carbocycles. The minimum absolute atomic E-state index is 0.00834. The van der Waals surface area contributed by atoms with Crippen LogP contribution in [0.15, 0.2) is 23.2 Å². The predicted molar refractivity (Wildman–Crippen MR) is 106 cm³/mol. The Bertz CT molecular complexity index is 944. The normalized spacial score (nSPS) is 15.3. The number of carbonyl (C=O) groups is 2. The van der Waals surface area contributed by atoms with E-state index in [0.717, 1.165) is 31.4 Å². The number of hydrogen-bond acceptors (Lipinski definition) is 6. The molecule has 0 unspecified atom stereocenters. The third-order valence-electron chi connectivity index (χ3n) is 4.38. The van der Waals surface area contributed by atoms with E-state index in [1.54, 1.807) is 17.7 Å². The summed E-state index contributed by atoms with van der Waals surface area (Å²) in [5.41, 5.74) is 0.791. The number of rotatable bonds is 5. The van der Waals surface area contributed by atoms with E-state index in [9.17, 15) is 19.7 Å². The molecule has 8 nitrogen and oxygen atoms in total. The van der Waals surface area contributed by atoms with Gasteiger partial charge in [0, 0.05) is 32.3 Å². The summed E-state index contributed by atoms with van der Waals surface area (Å²) in [7, 11) is 1.77. The third-order valence-corrected chi connectivity index (χ3v) is 6.38. The summed E-state index contributed by atoms with van der Waals surface area (Å²) in [6, 6.07) is 4.57. The van der Waals surface area contributed by atoms with Crippen LogP contribution < -0.4 is 4.80 Å². The molecule has 27 heavy (non-hydrogen) atoms. The summed E-state index contributed by atoms with van der Waals surface area (Å²) in [6.07, 6.45) is 3.26. The lowest BCUT2D eigenvalue weighted by atomic mass is 10.1. The minimum Gasteiger partial charge on any atom is -0.342 e. The van der Waals surface area contributed by atoms with Crippen LogP contribution in [0.5, 0.6) is 0 Å². The lowest BCUT2D eigenvalue weighted by Crippen LogP contribution is -2.36. The summed E-state index contributed by atoms with van der Waals surface area (Å²) < 4.78 is 2.44. The third kappa shape index (κ3) is 4.75. The van der Waals surface area contributed by atoms with Crippen molar-refractivity contribution >= 4 is 50.8 Å². The molecule has 0 spiro atoms. The van der Waals surface area contributed by atoms with E-state index in [2.05, 4.69) is 4.99 Å². The van der Waals surface area contributed by atoms with Gasteiger partial charge in [0.15, 0.2) is 4.80 Å². The molecule has 144 valence electrons. The Morgan fingerprint density at radius 3 is 2.70 bits per heavy atom. The van der Waals surface area contributed by atoms with E-state index < -0.39 is 4.92 Å². The maximum atomic E-state index is 12.1. The zero-order valence-corrected chi connectivity index (χ0v) is 16.6. The maximum Gasteiger partial charge on any atom is 0.270 e. The van der Waals surface area contributed by atoms with Crippen molar-refractivity contribution in [3.05, 3.63) is 33.1 Å². The Kier molecular flexibility index (Phi) is 6.27. The van der Waals surface area contributed by atoms with Crippen LogP contribution in [0.1, 0.15) is 19.3 Å². The second-order valence-corrected chi connectivity index (χ2v) is 8.29. The van der Waals surface area contributed by atoms with Crippen molar-refractivity contribution in [3.63, 3.8) is 0 Å². The van der Waals surface area contributed by atoms with E-state index in [4.69, 9.17) is 0 Å². The highest BCUT2D eigenvalue weighted by Gasteiger charge is 2.16. The van der Waals surface area contributed by atoms with Crippen molar-refractivity contribution < 1.29 is 14.5 Å². The average molecular weight is 409 g/mol. The summed E-state index contributed by atoms with van der Waals surface area (Å²) in [5, 5.41) is 10.9. The maximum absolute atomic E-state index is 12.1. The molecule has 2 amide bonds. The number of thioether (sulfide) groups is 1. The molecule has 1 aliphatic rings. The van der Waals surface area contributed by atoms with Gasteiger partial charge in [-0.3, -0.25) is 19.7 Å². The van der Waals surface area contributed by atoms with Gasteiger partial charge in [-0.15, -0.1) is 11.8 Å². The number of piperidine rings is 1. The summed E-state index contributed by atoms with van der Waals surface area (Å²) in [6.45, 7) is 1.61. The average Bonchev–Trinajstić information content (AvgIpc) is 2.97. The molecular weight excluding hydrogens is 388 g/mol. The van der Waals surface area contributed by atoms with E-state index >= 15 is 0 Å². The molecule has 2 aromatic rings. The van der Waals surface area contributed by atoms with E-state index in [1.807, 2.05) is 4.90 Å². The van der Waals surface area contributed by atoms with Crippen LogP contribution in [-0.4, -0.2) is 50.8 Å². The monoisotopic (exact) mass is 408 g/mol. The van der Waals surface area contributed by atoms with Gasteiger partial charge in [0.25, 0.3) is 11.6 Å². The standard InChI is InChI=1S/C17H20N4O4S2/c1-19-13-6-5-12(21(24)25)9-14(13)27-17(19)18-15(22)10-26-11-16(23)20-7-3-2-4-8-20/h5-6,9H,2-4,7-8,10-11H2,1H3. The highest BCUT2D eigenvalue weighted by molar-refractivity contribution is 8.00. The van der Waals surface area contributed by atoms with Crippen LogP contribution in [0.3, 0.4) is 0 Å². The van der Waals surface area contributed by atoms with E-state index in [1.165, 1.54) is 41.7 Å². The zero-order chi connectivity index (χ0) is 19.4. The second kappa shape index (κ2) is 8.66. The van der Waals surface area contributed by atoms with Crippen molar-refractivity contribution in [3.8, 4) is 0 Å². The van der Waals surface area contributed by atoms with Gasteiger partial charge in [-0.05, 0) is 25.3 Å². The number of nitrogens with zero attached hydrogens (tertiary/aromatic N) is 4. The first-order chi connectivity index (χ1) is 13.0. The van der Waals surface area contributed by atoms with Gasteiger partial charge in [-0.25, -0.2) is 0 Å². The fourth-order valence-corrected chi connectivity index (χ4v) is 4.71. The lowest BCUT2D eigenvalue weighted by molar-refractivity contribution is -0.384. The van der Waals surface area contributed by atoms with E-state index in [-0.39, 0.29) is 29.0 Å². The minimum atomic E-state index is -0.447. The Balaban J connectivity index is 1.63. The quantitative estimate of drug-likeness (QED) is 0.559. The van der Waals surface area contributed by atoms with Crippen molar-refractivity contribution in [2.75, 3.05) is 24.6 Å². The van der Waals surface area contributed by atoms with Crippen molar-refractivity contribution in [2.24, 2.45) is 12.0 Å². The molecule has 1 aromatic carbocycles. The number of non-ortho nitro benzene ring substituents is 1. The fourth-order valence-electron chi connectivity index (χ4n) is 2.94. The van der Waals surface area contributed by atoms with E-state index in [0.29, 0.717) is 9.50 Å². The number of aryl methyl sites for hydroxylation is 1. The molecule has 0 aliphatic carbocycles. The van der Waals surface area contributed by atoms with Crippen LogP contribution in [0, 0.1) is 10.1 Å². The molecule has 1 saturated heterocycles. The zero-order valence-electron chi connectivity index (χ0n) is 14.9. The SMILES string of the molecule is Cn1c(=NC(=O)CSCC(=O)N2CCCCC2)sc2cc([N+](=O)[O-])ccc21. The molecule has 0 atom stereocenters.